The molecule has 0 aromatic rings. The highest BCUT2D eigenvalue weighted by Crippen LogP contribution is 2.15. The zero-order valence-electron chi connectivity index (χ0n) is 9.83. The molecule has 0 spiro atoms. The molecule has 0 aliphatic heterocycles. The molecule has 0 aromatic carbocycles. The van der Waals surface area contributed by atoms with E-state index in [0.717, 1.165) is 12.8 Å². The van der Waals surface area contributed by atoms with E-state index in [-0.39, 0.29) is 0 Å². The van der Waals surface area contributed by atoms with E-state index in [1.54, 1.807) is 0 Å². The van der Waals surface area contributed by atoms with Gasteiger partial charge in [-0.2, -0.15) is 0 Å². The Morgan fingerprint density at radius 1 is 1.35 bits per heavy atom. The standard InChI is InChI=1S/C10H20NO5Si/c1-2-3-4-11-10(16)8(15)9(17)7(14)6(13)5-12/h6-9,12-15H,2-5H2,1H3,(H,11,16). The lowest BCUT2D eigenvalue weighted by atomic mass is 10.1. The largest absolute Gasteiger partial charge is 0.394 e. The van der Waals surface area contributed by atoms with Gasteiger partial charge in [-0.15, -0.1) is 0 Å². The Kier molecular flexibility index (Phi) is 8.35. The van der Waals surface area contributed by atoms with Crippen molar-refractivity contribution in [3.63, 3.8) is 0 Å². The van der Waals surface area contributed by atoms with E-state index in [1.807, 2.05) is 6.92 Å². The van der Waals surface area contributed by atoms with Crippen LogP contribution in [0.25, 0.3) is 0 Å². The maximum absolute atomic E-state index is 11.4. The molecule has 0 bridgehead atoms. The summed E-state index contributed by atoms with van der Waals surface area (Å²) in [6, 6.07) is 0. The number of hydrogen-bond acceptors (Lipinski definition) is 5. The van der Waals surface area contributed by atoms with Crippen molar-refractivity contribution in [1.82, 2.24) is 5.32 Å². The maximum Gasteiger partial charge on any atom is 0.248 e. The highest BCUT2D eigenvalue weighted by Gasteiger charge is 2.31. The van der Waals surface area contributed by atoms with E-state index in [4.69, 9.17) is 10.2 Å². The van der Waals surface area contributed by atoms with E-state index >= 15 is 0 Å². The molecular weight excluding hydrogens is 242 g/mol. The third-order valence-corrected chi connectivity index (χ3v) is 3.04. The smallest absolute Gasteiger partial charge is 0.248 e. The first-order chi connectivity index (χ1) is 7.95. The van der Waals surface area contributed by atoms with Crippen molar-refractivity contribution < 1.29 is 25.2 Å². The van der Waals surface area contributed by atoms with E-state index in [1.165, 1.54) is 0 Å². The van der Waals surface area contributed by atoms with Crippen molar-refractivity contribution in [3.8, 4) is 0 Å². The van der Waals surface area contributed by atoms with E-state index < -0.39 is 36.4 Å². The molecule has 1 amide bonds. The second-order valence-electron chi connectivity index (χ2n) is 3.86. The van der Waals surface area contributed by atoms with Gasteiger partial charge in [0.2, 0.25) is 5.91 Å². The van der Waals surface area contributed by atoms with Crippen LogP contribution in [0, 0.1) is 0 Å². The molecule has 0 saturated carbocycles. The molecule has 0 aliphatic rings. The van der Waals surface area contributed by atoms with Crippen LogP contribution in [0.2, 0.25) is 5.54 Å². The topological polar surface area (TPSA) is 110 Å². The number of unbranched alkanes of at least 4 members (excludes halogenated alkanes) is 1. The number of hydrogen-bond donors (Lipinski definition) is 5. The molecule has 99 valence electrons. The Balaban J connectivity index is 4.18. The van der Waals surface area contributed by atoms with Crippen LogP contribution < -0.4 is 5.32 Å². The van der Waals surface area contributed by atoms with Gasteiger partial charge in [0.05, 0.1) is 12.7 Å². The summed E-state index contributed by atoms with van der Waals surface area (Å²) in [5, 5.41) is 39.4. The molecule has 0 rings (SSSR count). The molecule has 4 unspecified atom stereocenters. The lowest BCUT2D eigenvalue weighted by Gasteiger charge is -2.26. The van der Waals surface area contributed by atoms with E-state index in [2.05, 4.69) is 15.6 Å². The van der Waals surface area contributed by atoms with Gasteiger partial charge < -0.3 is 25.7 Å². The van der Waals surface area contributed by atoms with Gasteiger partial charge in [-0.1, -0.05) is 13.3 Å². The van der Waals surface area contributed by atoms with Gasteiger partial charge in [0.25, 0.3) is 0 Å². The Labute approximate surface area is 104 Å². The average molecular weight is 262 g/mol. The highest BCUT2D eigenvalue weighted by molar-refractivity contribution is 6.14. The summed E-state index contributed by atoms with van der Waals surface area (Å²) >= 11 is 0. The molecular formula is C10H20NO5Si. The van der Waals surface area contributed by atoms with Crippen molar-refractivity contribution in [2.45, 2.75) is 43.6 Å². The summed E-state index contributed by atoms with van der Waals surface area (Å²) in [5.74, 6) is -0.623. The fourth-order valence-corrected chi connectivity index (χ4v) is 1.56. The number of carbonyl (C=O) groups is 1. The van der Waals surface area contributed by atoms with Crippen LogP contribution in [0.5, 0.6) is 0 Å². The maximum atomic E-state index is 11.4. The Morgan fingerprint density at radius 3 is 2.41 bits per heavy atom. The van der Waals surface area contributed by atoms with E-state index in [0.29, 0.717) is 6.54 Å². The molecule has 17 heavy (non-hydrogen) atoms. The van der Waals surface area contributed by atoms with Crippen molar-refractivity contribution in [1.29, 1.82) is 0 Å². The van der Waals surface area contributed by atoms with Crippen LogP contribution in [0.15, 0.2) is 0 Å². The molecule has 6 nitrogen and oxygen atoms in total. The van der Waals surface area contributed by atoms with Crippen LogP contribution in [0.4, 0.5) is 0 Å². The zero-order valence-corrected chi connectivity index (χ0v) is 10.8. The number of amides is 1. The summed E-state index contributed by atoms with van der Waals surface area (Å²) < 4.78 is 0. The molecule has 7 heteroatoms. The third kappa shape index (κ3) is 5.60. The molecule has 0 fully saturated rings. The first-order valence-electron chi connectivity index (χ1n) is 5.59. The summed E-state index contributed by atoms with van der Waals surface area (Å²) in [5.41, 5.74) is -1.04. The number of nitrogens with one attached hydrogen (secondary N) is 1. The number of aliphatic hydroxyl groups is 4. The number of carbonyl (C=O) groups excluding carboxylic acids is 1. The highest BCUT2D eigenvalue weighted by atomic mass is 28.1. The van der Waals surface area contributed by atoms with Gasteiger partial charge in [0.1, 0.15) is 12.2 Å². The summed E-state index contributed by atoms with van der Waals surface area (Å²) in [6.07, 6.45) is -2.61. The Hall–Kier alpha value is -0.473. The molecule has 0 saturated heterocycles. The lowest BCUT2D eigenvalue weighted by Crippen LogP contribution is -2.45. The van der Waals surface area contributed by atoms with Crippen molar-refractivity contribution in [2.75, 3.05) is 13.2 Å². The molecule has 5 N–H and O–H groups in total. The van der Waals surface area contributed by atoms with Gasteiger partial charge in [-0.05, 0) is 6.42 Å². The van der Waals surface area contributed by atoms with Gasteiger partial charge >= 0.3 is 0 Å². The second kappa shape index (κ2) is 8.59. The van der Waals surface area contributed by atoms with E-state index in [9.17, 15) is 15.0 Å². The van der Waals surface area contributed by atoms with Crippen molar-refractivity contribution in [3.05, 3.63) is 0 Å². The predicted molar refractivity (Wildman–Crippen MR) is 62.5 cm³/mol. The van der Waals surface area contributed by atoms with Crippen LogP contribution in [0.1, 0.15) is 19.8 Å². The lowest BCUT2D eigenvalue weighted by molar-refractivity contribution is -0.132. The van der Waals surface area contributed by atoms with Crippen LogP contribution in [-0.2, 0) is 4.79 Å². The first-order valence-corrected chi connectivity index (χ1v) is 6.17. The zero-order chi connectivity index (χ0) is 13.4. The van der Waals surface area contributed by atoms with Gasteiger partial charge in [-0.3, -0.25) is 4.79 Å². The summed E-state index contributed by atoms with van der Waals surface area (Å²) in [4.78, 5) is 11.4. The minimum Gasteiger partial charge on any atom is -0.394 e. The van der Waals surface area contributed by atoms with Crippen molar-refractivity contribution in [2.24, 2.45) is 0 Å². The van der Waals surface area contributed by atoms with Gasteiger partial charge in [-0.25, -0.2) is 0 Å². The summed E-state index contributed by atoms with van der Waals surface area (Å²) in [6.45, 7) is 1.77. The monoisotopic (exact) mass is 262 g/mol. The SMILES string of the molecule is CCCCNC(=O)C(O)C([Si])C(O)C(O)CO. The summed E-state index contributed by atoms with van der Waals surface area (Å²) in [7, 11) is 2.98. The minimum absolute atomic E-state index is 0.448. The Bertz CT molecular complexity index is 229. The normalized spacial score (nSPS) is 18.2. The fourth-order valence-electron chi connectivity index (χ4n) is 1.19. The van der Waals surface area contributed by atoms with Crippen LogP contribution in [0.3, 0.4) is 0 Å². The molecule has 0 aromatic heterocycles. The predicted octanol–water partition coefficient (Wildman–Crippen LogP) is -2.07. The average Bonchev–Trinajstić information content (AvgIpc) is 2.35. The van der Waals surface area contributed by atoms with Gasteiger partial charge in [0, 0.05) is 22.3 Å². The quantitative estimate of drug-likeness (QED) is 0.255. The molecule has 0 aliphatic carbocycles. The third-order valence-electron chi connectivity index (χ3n) is 2.39. The number of aliphatic hydroxyl groups excluding tert-OH is 4. The van der Waals surface area contributed by atoms with Crippen LogP contribution >= 0.6 is 0 Å². The molecule has 3 radical (unpaired) electrons. The molecule has 4 atom stereocenters. The van der Waals surface area contributed by atoms with Crippen molar-refractivity contribution >= 4 is 16.1 Å². The molecule has 0 heterocycles. The second-order valence-corrected chi connectivity index (χ2v) is 4.52. The van der Waals surface area contributed by atoms with Gasteiger partial charge in [0.15, 0.2) is 0 Å². The number of rotatable bonds is 8. The van der Waals surface area contributed by atoms with Crippen LogP contribution in [-0.4, -0.2) is 68.0 Å². The Morgan fingerprint density at radius 2 is 1.94 bits per heavy atom. The first kappa shape index (κ1) is 16.5. The fraction of sp³-hybridized carbons (Fsp3) is 0.900. The minimum atomic E-state index is -1.49.